The van der Waals surface area contributed by atoms with Gasteiger partial charge in [-0.15, -0.1) is 0 Å². The maximum absolute atomic E-state index is 13.2. The average molecular weight is 483 g/mol. The number of aryl methyl sites for hydroxylation is 1. The monoisotopic (exact) mass is 483 g/mol. The smallest absolute Gasteiger partial charge is 0.416 e. The molecule has 0 unspecified atom stereocenters. The molecule has 0 fully saturated rings. The summed E-state index contributed by atoms with van der Waals surface area (Å²) in [7, 11) is 0. The van der Waals surface area contributed by atoms with Gasteiger partial charge in [-0.25, -0.2) is 9.59 Å². The second-order valence-electron chi connectivity index (χ2n) is 8.41. The van der Waals surface area contributed by atoms with Crippen LogP contribution in [0.15, 0.2) is 72.8 Å². The third-order valence-electron chi connectivity index (χ3n) is 6.20. The molecule has 0 heterocycles. The highest BCUT2D eigenvalue weighted by molar-refractivity contribution is 5.81. The number of ether oxygens (including phenoxy) is 1. The minimum absolute atomic E-state index is 0.0329. The molecule has 5 nitrogen and oxygen atoms in total. The molecular formula is C27H24F3NO4. The van der Waals surface area contributed by atoms with Gasteiger partial charge in [0.2, 0.25) is 0 Å². The number of aliphatic carboxylic acids is 1. The molecule has 35 heavy (non-hydrogen) atoms. The lowest BCUT2D eigenvalue weighted by Crippen LogP contribution is -2.41. The molecule has 3 aromatic rings. The van der Waals surface area contributed by atoms with Crippen LogP contribution in [0.2, 0.25) is 0 Å². The Kier molecular flexibility index (Phi) is 7.10. The molecule has 1 aliphatic rings. The van der Waals surface area contributed by atoms with Crippen LogP contribution in [0.3, 0.4) is 0 Å². The van der Waals surface area contributed by atoms with Crippen molar-refractivity contribution >= 4 is 12.1 Å². The van der Waals surface area contributed by atoms with Crippen molar-refractivity contribution in [2.45, 2.75) is 37.4 Å². The predicted octanol–water partition coefficient (Wildman–Crippen LogP) is 6.02. The number of alkyl carbamates (subject to hydrolysis) is 1. The van der Waals surface area contributed by atoms with E-state index in [1.54, 1.807) is 0 Å². The van der Waals surface area contributed by atoms with E-state index >= 15 is 0 Å². The number of carboxylic acid groups (broad SMARTS) is 1. The molecule has 0 spiro atoms. The number of alkyl halides is 3. The topological polar surface area (TPSA) is 75.6 Å². The summed E-state index contributed by atoms with van der Waals surface area (Å²) in [6.45, 7) is 0.0329. The average Bonchev–Trinajstić information content (AvgIpc) is 3.15. The van der Waals surface area contributed by atoms with Gasteiger partial charge in [0.1, 0.15) is 12.6 Å². The van der Waals surface area contributed by atoms with Crippen molar-refractivity contribution in [1.29, 1.82) is 0 Å². The Bertz CT molecular complexity index is 1180. The Labute approximate surface area is 200 Å². The summed E-state index contributed by atoms with van der Waals surface area (Å²) >= 11 is 0. The molecule has 0 bridgehead atoms. The lowest BCUT2D eigenvalue weighted by atomic mass is 9.98. The van der Waals surface area contributed by atoms with E-state index in [1.807, 2.05) is 48.5 Å². The number of amides is 1. The third-order valence-corrected chi connectivity index (χ3v) is 6.20. The maximum Gasteiger partial charge on any atom is 0.416 e. The van der Waals surface area contributed by atoms with Crippen LogP contribution >= 0.6 is 0 Å². The molecule has 2 N–H and O–H groups in total. The van der Waals surface area contributed by atoms with Crippen LogP contribution in [-0.4, -0.2) is 29.8 Å². The van der Waals surface area contributed by atoms with Crippen LogP contribution in [0.25, 0.3) is 11.1 Å². The Hall–Kier alpha value is -3.81. The summed E-state index contributed by atoms with van der Waals surface area (Å²) in [6.07, 6.45) is -5.22. The highest BCUT2D eigenvalue weighted by Gasteiger charge is 2.33. The third kappa shape index (κ3) is 5.48. The van der Waals surface area contributed by atoms with Crippen LogP contribution in [0, 0.1) is 0 Å². The number of carboxylic acids is 1. The second kappa shape index (κ2) is 10.2. The van der Waals surface area contributed by atoms with E-state index in [0.29, 0.717) is 0 Å². The first kappa shape index (κ1) is 24.3. The molecule has 1 amide bonds. The number of benzene rings is 3. The van der Waals surface area contributed by atoms with Crippen molar-refractivity contribution in [3.8, 4) is 11.1 Å². The normalized spacial score (nSPS) is 13.6. The van der Waals surface area contributed by atoms with E-state index in [9.17, 15) is 27.9 Å². The fourth-order valence-electron chi connectivity index (χ4n) is 4.55. The Balaban J connectivity index is 1.35. The van der Waals surface area contributed by atoms with Gasteiger partial charge >= 0.3 is 18.2 Å². The zero-order chi connectivity index (χ0) is 25.0. The van der Waals surface area contributed by atoms with Gasteiger partial charge < -0.3 is 15.2 Å². The molecule has 0 saturated heterocycles. The minimum Gasteiger partial charge on any atom is -0.480 e. The first-order valence-corrected chi connectivity index (χ1v) is 11.2. The van der Waals surface area contributed by atoms with Crippen molar-refractivity contribution < 1.29 is 32.6 Å². The molecule has 1 atom stereocenters. The molecule has 0 radical (unpaired) electrons. The van der Waals surface area contributed by atoms with Crippen LogP contribution in [0.5, 0.6) is 0 Å². The fourth-order valence-corrected chi connectivity index (χ4v) is 4.55. The standard InChI is InChI=1S/C27H24F3NO4/c28-27(29,30)23-14-6-1-8-17(23)9-7-15-24(25(32)33)31-26(34)35-16-22-20-12-4-2-10-18(20)19-11-3-5-13-21(19)22/h1-6,8,10-14,22,24H,7,9,15-16H2,(H,31,34)(H,32,33)/t24-/m0/s1. The van der Waals surface area contributed by atoms with E-state index in [-0.39, 0.29) is 37.4 Å². The molecule has 4 rings (SSSR count). The SMILES string of the molecule is O=C(N[C@@H](CCCc1ccccc1C(F)(F)F)C(=O)O)OCC1c2ccccc2-c2ccccc21. The van der Waals surface area contributed by atoms with Crippen molar-refractivity contribution in [3.05, 3.63) is 95.1 Å². The summed E-state index contributed by atoms with van der Waals surface area (Å²) in [5.41, 5.74) is 3.54. The van der Waals surface area contributed by atoms with Crippen molar-refractivity contribution in [2.24, 2.45) is 0 Å². The lowest BCUT2D eigenvalue weighted by Gasteiger charge is -2.18. The number of nitrogens with one attached hydrogen (secondary N) is 1. The first-order chi connectivity index (χ1) is 16.8. The number of hydrogen-bond acceptors (Lipinski definition) is 3. The maximum atomic E-state index is 13.2. The summed E-state index contributed by atoms with van der Waals surface area (Å²) in [4.78, 5) is 24.1. The summed E-state index contributed by atoms with van der Waals surface area (Å²) < 4.78 is 44.9. The Morgan fingerprint density at radius 2 is 1.49 bits per heavy atom. The van der Waals surface area contributed by atoms with Crippen molar-refractivity contribution in [2.75, 3.05) is 6.61 Å². The van der Waals surface area contributed by atoms with Gasteiger partial charge in [-0.2, -0.15) is 13.2 Å². The number of carbonyl (C=O) groups is 2. The zero-order valence-electron chi connectivity index (χ0n) is 18.7. The molecule has 8 heteroatoms. The highest BCUT2D eigenvalue weighted by Crippen LogP contribution is 2.44. The minimum atomic E-state index is -4.48. The fraction of sp³-hybridized carbons (Fsp3) is 0.259. The number of rotatable bonds is 8. The molecule has 182 valence electrons. The predicted molar refractivity (Wildman–Crippen MR) is 124 cm³/mol. The van der Waals surface area contributed by atoms with Gasteiger partial charge in [-0.1, -0.05) is 66.7 Å². The zero-order valence-corrected chi connectivity index (χ0v) is 18.7. The highest BCUT2D eigenvalue weighted by atomic mass is 19.4. The van der Waals surface area contributed by atoms with Crippen LogP contribution < -0.4 is 5.32 Å². The number of carbonyl (C=O) groups excluding carboxylic acids is 1. The Morgan fingerprint density at radius 3 is 2.09 bits per heavy atom. The van der Waals surface area contributed by atoms with Gasteiger partial charge in [0.25, 0.3) is 0 Å². The Morgan fingerprint density at radius 1 is 0.914 bits per heavy atom. The molecule has 3 aromatic carbocycles. The second-order valence-corrected chi connectivity index (χ2v) is 8.41. The van der Waals surface area contributed by atoms with Gasteiger partial charge in [0, 0.05) is 5.92 Å². The molecule has 1 aliphatic carbocycles. The van der Waals surface area contributed by atoms with Crippen molar-refractivity contribution in [3.63, 3.8) is 0 Å². The summed E-state index contributed by atoms with van der Waals surface area (Å²) in [6, 6.07) is 19.6. The summed E-state index contributed by atoms with van der Waals surface area (Å²) in [5.74, 6) is -1.45. The number of fused-ring (bicyclic) bond motifs is 3. The van der Waals surface area contributed by atoms with Crippen molar-refractivity contribution in [1.82, 2.24) is 5.32 Å². The molecular weight excluding hydrogens is 459 g/mol. The van der Waals surface area contributed by atoms with Crippen LogP contribution in [0.1, 0.15) is 41.0 Å². The van der Waals surface area contributed by atoms with E-state index in [2.05, 4.69) is 5.32 Å². The van der Waals surface area contributed by atoms with Gasteiger partial charge in [-0.05, 0) is 53.1 Å². The molecule has 0 aromatic heterocycles. The quantitative estimate of drug-likeness (QED) is 0.411. The molecule has 0 saturated carbocycles. The summed E-state index contributed by atoms with van der Waals surface area (Å²) in [5, 5.41) is 11.8. The molecule has 0 aliphatic heterocycles. The van der Waals surface area contributed by atoms with Gasteiger partial charge in [0.05, 0.1) is 5.56 Å². The van der Waals surface area contributed by atoms with Gasteiger partial charge in [-0.3, -0.25) is 0 Å². The number of hydrogen-bond donors (Lipinski definition) is 2. The van der Waals surface area contributed by atoms with Gasteiger partial charge in [0.15, 0.2) is 0 Å². The number of halogens is 3. The van der Waals surface area contributed by atoms with Crippen LogP contribution in [-0.2, 0) is 22.1 Å². The largest absolute Gasteiger partial charge is 0.480 e. The van der Waals surface area contributed by atoms with Crippen LogP contribution in [0.4, 0.5) is 18.0 Å². The van der Waals surface area contributed by atoms with E-state index < -0.39 is 29.8 Å². The van der Waals surface area contributed by atoms with E-state index in [0.717, 1.165) is 28.3 Å². The van der Waals surface area contributed by atoms with E-state index in [4.69, 9.17) is 4.74 Å². The lowest BCUT2D eigenvalue weighted by molar-refractivity contribution is -0.140. The first-order valence-electron chi connectivity index (χ1n) is 11.2. The van der Waals surface area contributed by atoms with E-state index in [1.165, 1.54) is 18.2 Å².